The highest BCUT2D eigenvalue weighted by Crippen LogP contribution is 2.19. The monoisotopic (exact) mass is 288 g/mol. The van der Waals surface area contributed by atoms with Crippen molar-refractivity contribution in [3.63, 3.8) is 0 Å². The Morgan fingerprint density at radius 1 is 1.38 bits per heavy atom. The zero-order valence-corrected chi connectivity index (χ0v) is 11.3. The molecule has 21 heavy (non-hydrogen) atoms. The molecule has 0 fully saturated rings. The zero-order valence-electron chi connectivity index (χ0n) is 11.3. The van der Waals surface area contributed by atoms with Crippen LogP contribution in [0.1, 0.15) is 17.1 Å². The highest BCUT2D eigenvalue weighted by molar-refractivity contribution is 5.54. The van der Waals surface area contributed by atoms with Crippen LogP contribution < -0.4 is 5.73 Å². The van der Waals surface area contributed by atoms with Gasteiger partial charge < -0.3 is 10.3 Å². The van der Waals surface area contributed by atoms with E-state index in [0.29, 0.717) is 35.1 Å². The molecular weight excluding hydrogens is 275 g/mol. The Morgan fingerprint density at radius 2 is 2.24 bits per heavy atom. The number of hydrogen-bond acceptors (Lipinski definition) is 6. The molecule has 3 rings (SSSR count). The van der Waals surface area contributed by atoms with Crippen LogP contribution in [0.15, 0.2) is 28.9 Å². The van der Waals surface area contributed by atoms with Gasteiger partial charge in [-0.25, -0.2) is 9.07 Å². The topological polar surface area (TPSA) is 95.7 Å². The molecule has 1 aromatic carbocycles. The van der Waals surface area contributed by atoms with Crippen molar-refractivity contribution in [3.8, 4) is 11.4 Å². The fourth-order valence-electron chi connectivity index (χ4n) is 1.82. The third kappa shape index (κ3) is 2.79. The molecule has 0 unspecified atom stereocenters. The van der Waals surface area contributed by atoms with Gasteiger partial charge in [-0.05, 0) is 18.6 Å². The van der Waals surface area contributed by atoms with Crippen LogP contribution in [0.25, 0.3) is 11.4 Å². The summed E-state index contributed by atoms with van der Waals surface area (Å²) in [5.74, 6) is 0.394. The summed E-state index contributed by atoms with van der Waals surface area (Å²) < 4.78 is 20.2. The summed E-state index contributed by atoms with van der Waals surface area (Å²) in [5.41, 5.74) is 7.27. The number of aryl methyl sites for hydroxylation is 1. The van der Waals surface area contributed by atoms with Crippen molar-refractivity contribution in [3.05, 3.63) is 47.4 Å². The average Bonchev–Trinajstić information content (AvgIpc) is 3.11. The van der Waals surface area contributed by atoms with Crippen LogP contribution >= 0.6 is 0 Å². The van der Waals surface area contributed by atoms with E-state index < -0.39 is 0 Å². The van der Waals surface area contributed by atoms with Gasteiger partial charge in [-0.3, -0.25) is 0 Å². The van der Waals surface area contributed by atoms with Gasteiger partial charge in [-0.15, -0.1) is 5.10 Å². The highest BCUT2D eigenvalue weighted by atomic mass is 19.1. The molecule has 7 nitrogen and oxygen atoms in total. The molecule has 3 aromatic rings. The lowest BCUT2D eigenvalue weighted by Gasteiger charge is -1.97. The Hall–Kier alpha value is -2.61. The van der Waals surface area contributed by atoms with Gasteiger partial charge in [-0.2, -0.15) is 4.98 Å². The van der Waals surface area contributed by atoms with Crippen molar-refractivity contribution in [1.82, 2.24) is 25.1 Å². The molecule has 108 valence electrons. The Morgan fingerprint density at radius 3 is 2.95 bits per heavy atom. The van der Waals surface area contributed by atoms with Gasteiger partial charge in [0.1, 0.15) is 12.4 Å². The van der Waals surface area contributed by atoms with Crippen molar-refractivity contribution < 1.29 is 8.91 Å². The number of halogens is 1. The number of hydrogen-bond donors (Lipinski definition) is 1. The minimum absolute atomic E-state index is 0.286. The standard InChI is InChI=1S/C13H13FN6O/c1-8-2-3-9(4-11(8)14)13-16-12(21-18-13)7-20-6-10(5-15)17-19-20/h2-4,6H,5,7,15H2,1H3. The van der Waals surface area contributed by atoms with E-state index in [1.54, 1.807) is 29.9 Å². The van der Waals surface area contributed by atoms with Crippen LogP contribution in [-0.4, -0.2) is 25.1 Å². The molecule has 0 aliphatic heterocycles. The van der Waals surface area contributed by atoms with Crippen LogP contribution in [0.3, 0.4) is 0 Å². The largest absolute Gasteiger partial charge is 0.337 e. The zero-order chi connectivity index (χ0) is 14.8. The van der Waals surface area contributed by atoms with E-state index in [1.165, 1.54) is 6.07 Å². The van der Waals surface area contributed by atoms with Gasteiger partial charge in [0.15, 0.2) is 0 Å². The molecule has 2 N–H and O–H groups in total. The third-order valence-electron chi connectivity index (χ3n) is 2.99. The van der Waals surface area contributed by atoms with Crippen molar-refractivity contribution in [2.45, 2.75) is 20.0 Å². The molecule has 0 aliphatic carbocycles. The lowest BCUT2D eigenvalue weighted by molar-refractivity contribution is 0.364. The molecule has 0 bridgehead atoms. The van der Waals surface area contributed by atoms with Crippen molar-refractivity contribution in [1.29, 1.82) is 0 Å². The summed E-state index contributed by atoms with van der Waals surface area (Å²) in [6.45, 7) is 2.30. The summed E-state index contributed by atoms with van der Waals surface area (Å²) in [7, 11) is 0. The molecule has 0 amide bonds. The highest BCUT2D eigenvalue weighted by Gasteiger charge is 2.11. The maximum atomic E-state index is 13.5. The van der Waals surface area contributed by atoms with E-state index in [-0.39, 0.29) is 12.4 Å². The van der Waals surface area contributed by atoms with Crippen molar-refractivity contribution >= 4 is 0 Å². The van der Waals surface area contributed by atoms with Crippen LogP contribution in [-0.2, 0) is 13.1 Å². The average molecular weight is 288 g/mol. The molecule has 2 aromatic heterocycles. The number of benzene rings is 1. The second-order valence-electron chi connectivity index (χ2n) is 4.59. The molecule has 0 spiro atoms. The number of nitrogens with zero attached hydrogens (tertiary/aromatic N) is 5. The molecule has 0 saturated heterocycles. The van der Waals surface area contributed by atoms with E-state index in [4.69, 9.17) is 10.3 Å². The van der Waals surface area contributed by atoms with Crippen LogP contribution in [0.4, 0.5) is 4.39 Å². The maximum absolute atomic E-state index is 13.5. The van der Waals surface area contributed by atoms with Crippen molar-refractivity contribution in [2.75, 3.05) is 0 Å². The molecule has 8 heteroatoms. The Labute approximate surface area is 119 Å². The first kappa shape index (κ1) is 13.4. The van der Waals surface area contributed by atoms with Crippen LogP contribution in [0.2, 0.25) is 0 Å². The van der Waals surface area contributed by atoms with E-state index in [0.717, 1.165) is 0 Å². The summed E-state index contributed by atoms with van der Waals surface area (Å²) in [4.78, 5) is 4.22. The molecule has 0 aliphatic rings. The van der Waals surface area contributed by atoms with Crippen LogP contribution in [0.5, 0.6) is 0 Å². The first-order valence-corrected chi connectivity index (χ1v) is 6.34. The number of aromatic nitrogens is 5. The second kappa shape index (κ2) is 5.41. The molecule has 0 saturated carbocycles. The number of rotatable bonds is 4. The Balaban J connectivity index is 1.80. The third-order valence-corrected chi connectivity index (χ3v) is 2.99. The van der Waals surface area contributed by atoms with Crippen molar-refractivity contribution in [2.24, 2.45) is 5.73 Å². The summed E-state index contributed by atoms with van der Waals surface area (Å²) in [6.07, 6.45) is 1.70. The predicted octanol–water partition coefficient (Wildman–Crippen LogP) is 1.28. The summed E-state index contributed by atoms with van der Waals surface area (Å²) in [5, 5.41) is 11.6. The van der Waals surface area contributed by atoms with Gasteiger partial charge in [-0.1, -0.05) is 22.5 Å². The number of nitrogens with two attached hydrogens (primary N) is 1. The Kier molecular flexibility index (Phi) is 3.44. The minimum Gasteiger partial charge on any atom is -0.337 e. The SMILES string of the molecule is Cc1ccc(-c2noc(Cn3cc(CN)nn3)n2)cc1F. The first-order valence-electron chi connectivity index (χ1n) is 6.34. The second-order valence-corrected chi connectivity index (χ2v) is 4.59. The van der Waals surface area contributed by atoms with Crippen LogP contribution in [0, 0.1) is 12.7 Å². The van der Waals surface area contributed by atoms with E-state index in [9.17, 15) is 4.39 Å². The predicted molar refractivity (Wildman–Crippen MR) is 71.4 cm³/mol. The fourth-order valence-corrected chi connectivity index (χ4v) is 1.82. The summed E-state index contributed by atoms with van der Waals surface area (Å²) in [6, 6.07) is 4.80. The molecular formula is C13H13FN6O. The van der Waals surface area contributed by atoms with Gasteiger partial charge in [0.25, 0.3) is 0 Å². The van der Waals surface area contributed by atoms with E-state index in [2.05, 4.69) is 20.5 Å². The molecule has 0 atom stereocenters. The molecule has 0 radical (unpaired) electrons. The van der Waals surface area contributed by atoms with Gasteiger partial charge in [0, 0.05) is 12.1 Å². The quantitative estimate of drug-likeness (QED) is 0.777. The lowest BCUT2D eigenvalue weighted by Crippen LogP contribution is -2.00. The van der Waals surface area contributed by atoms with Gasteiger partial charge >= 0.3 is 0 Å². The van der Waals surface area contributed by atoms with Gasteiger partial charge in [0.05, 0.1) is 11.9 Å². The van der Waals surface area contributed by atoms with E-state index >= 15 is 0 Å². The van der Waals surface area contributed by atoms with Gasteiger partial charge in [0.2, 0.25) is 11.7 Å². The smallest absolute Gasteiger partial charge is 0.248 e. The minimum atomic E-state index is -0.303. The first-order chi connectivity index (χ1) is 10.2. The normalized spacial score (nSPS) is 11.0. The summed E-state index contributed by atoms with van der Waals surface area (Å²) >= 11 is 0. The lowest BCUT2D eigenvalue weighted by atomic mass is 10.1. The molecule has 2 heterocycles. The fraction of sp³-hybridized carbons (Fsp3) is 0.231. The maximum Gasteiger partial charge on any atom is 0.248 e. The van der Waals surface area contributed by atoms with E-state index in [1.807, 2.05) is 0 Å². The Bertz CT molecular complexity index is 766.